The first-order valence-electron chi connectivity index (χ1n) is 9.17. The van der Waals surface area contributed by atoms with E-state index in [9.17, 15) is 14.9 Å². The van der Waals surface area contributed by atoms with Crippen molar-refractivity contribution >= 4 is 11.6 Å². The maximum Gasteiger partial charge on any atom is 0.294 e. The number of para-hydroxylation sites is 2. The molecule has 1 aromatic carbocycles. The van der Waals surface area contributed by atoms with Crippen molar-refractivity contribution in [1.82, 2.24) is 24.9 Å². The van der Waals surface area contributed by atoms with Crippen LogP contribution in [0.3, 0.4) is 0 Å². The number of hydrogen-bond donors (Lipinski definition) is 1. The average molecular weight is 370 g/mol. The predicted molar refractivity (Wildman–Crippen MR) is 99.0 cm³/mol. The van der Waals surface area contributed by atoms with Crippen LogP contribution >= 0.6 is 0 Å². The Morgan fingerprint density at radius 3 is 2.74 bits per heavy atom. The number of rotatable bonds is 4. The largest absolute Gasteiger partial charge is 0.336 e. The minimum atomic E-state index is -0.447. The normalized spacial score (nSPS) is 20.7. The lowest BCUT2D eigenvalue weighted by Gasteiger charge is -2.32. The molecule has 142 valence electrons. The predicted octanol–water partition coefficient (Wildman–Crippen LogP) is 0.900. The number of amides is 1. The molecule has 0 bridgehead atoms. The number of nitro groups is 1. The fourth-order valence-electron chi connectivity index (χ4n) is 3.82. The number of benzene rings is 1. The van der Waals surface area contributed by atoms with Crippen LogP contribution in [0.5, 0.6) is 0 Å². The third-order valence-corrected chi connectivity index (χ3v) is 5.25. The van der Waals surface area contributed by atoms with Crippen LogP contribution in [-0.4, -0.2) is 75.7 Å². The molecular weight excluding hydrogens is 348 g/mol. The van der Waals surface area contributed by atoms with E-state index in [4.69, 9.17) is 0 Å². The zero-order valence-electron chi connectivity index (χ0n) is 15.0. The van der Waals surface area contributed by atoms with Gasteiger partial charge in [-0.1, -0.05) is 12.1 Å². The summed E-state index contributed by atoms with van der Waals surface area (Å²) in [6.07, 6.45) is 2.57. The molecular formula is C18H22N6O3. The summed E-state index contributed by atoms with van der Waals surface area (Å²) >= 11 is 0. The third-order valence-electron chi connectivity index (χ3n) is 5.25. The Morgan fingerprint density at radius 1 is 1.19 bits per heavy atom. The van der Waals surface area contributed by atoms with Crippen LogP contribution in [0.4, 0.5) is 5.69 Å². The monoisotopic (exact) mass is 370 g/mol. The van der Waals surface area contributed by atoms with Crippen LogP contribution in [0.2, 0.25) is 0 Å². The van der Waals surface area contributed by atoms with Crippen molar-refractivity contribution in [2.24, 2.45) is 0 Å². The highest BCUT2D eigenvalue weighted by Crippen LogP contribution is 2.23. The maximum atomic E-state index is 12.8. The number of likely N-dealkylation sites (tertiary alicyclic amines) is 1. The maximum absolute atomic E-state index is 12.8. The first-order valence-corrected chi connectivity index (χ1v) is 9.17. The Labute approximate surface area is 156 Å². The number of piperazine rings is 1. The van der Waals surface area contributed by atoms with Gasteiger partial charge < -0.3 is 10.2 Å². The summed E-state index contributed by atoms with van der Waals surface area (Å²) in [5, 5.41) is 18.9. The number of aromatic nitrogens is 2. The molecule has 2 aromatic rings. The van der Waals surface area contributed by atoms with Crippen molar-refractivity contribution < 1.29 is 9.72 Å². The summed E-state index contributed by atoms with van der Waals surface area (Å²) in [7, 11) is 0. The number of nitro benzene ring substituents is 1. The summed E-state index contributed by atoms with van der Waals surface area (Å²) in [5.41, 5.74) is 0.621. The highest BCUT2D eigenvalue weighted by molar-refractivity contribution is 5.92. The first-order chi connectivity index (χ1) is 13.1. The molecule has 0 radical (unpaired) electrons. The lowest BCUT2D eigenvalue weighted by atomic mass is 10.2. The van der Waals surface area contributed by atoms with E-state index >= 15 is 0 Å². The van der Waals surface area contributed by atoms with Gasteiger partial charge in [0.15, 0.2) is 5.69 Å². The van der Waals surface area contributed by atoms with Crippen molar-refractivity contribution in [3.8, 4) is 5.69 Å². The van der Waals surface area contributed by atoms with Crippen molar-refractivity contribution in [2.75, 3.05) is 39.3 Å². The minimum Gasteiger partial charge on any atom is -0.336 e. The second-order valence-corrected chi connectivity index (χ2v) is 6.87. The highest BCUT2D eigenvalue weighted by atomic mass is 16.6. The van der Waals surface area contributed by atoms with Gasteiger partial charge in [-0.2, -0.15) is 5.10 Å². The fourth-order valence-corrected chi connectivity index (χ4v) is 3.82. The highest BCUT2D eigenvalue weighted by Gasteiger charge is 2.32. The van der Waals surface area contributed by atoms with Gasteiger partial charge in [0.2, 0.25) is 0 Å². The second kappa shape index (κ2) is 7.45. The van der Waals surface area contributed by atoms with E-state index in [-0.39, 0.29) is 11.6 Å². The molecule has 2 fully saturated rings. The molecule has 0 aliphatic carbocycles. The molecule has 2 aliphatic heterocycles. The average Bonchev–Trinajstić information content (AvgIpc) is 3.38. The van der Waals surface area contributed by atoms with Crippen LogP contribution in [0.15, 0.2) is 36.5 Å². The Morgan fingerprint density at radius 2 is 1.96 bits per heavy atom. The molecule has 9 heteroatoms. The molecule has 2 saturated heterocycles. The molecule has 9 nitrogen and oxygen atoms in total. The molecule has 1 aromatic heterocycles. The number of hydrogen-bond acceptors (Lipinski definition) is 6. The molecule has 1 amide bonds. The van der Waals surface area contributed by atoms with Crippen LogP contribution in [0.25, 0.3) is 5.69 Å². The van der Waals surface area contributed by atoms with Gasteiger partial charge in [0, 0.05) is 57.6 Å². The zero-order valence-corrected chi connectivity index (χ0v) is 15.0. The topological polar surface area (TPSA) is 96.5 Å². The number of nitrogens with one attached hydrogen (secondary N) is 1. The van der Waals surface area contributed by atoms with Gasteiger partial charge in [0.05, 0.1) is 4.92 Å². The zero-order chi connectivity index (χ0) is 18.8. The lowest BCUT2D eigenvalue weighted by Crippen LogP contribution is -2.49. The van der Waals surface area contributed by atoms with E-state index in [1.54, 1.807) is 30.5 Å². The van der Waals surface area contributed by atoms with E-state index < -0.39 is 4.92 Å². The molecule has 0 spiro atoms. The third kappa shape index (κ3) is 3.56. The van der Waals surface area contributed by atoms with Gasteiger partial charge in [-0.25, -0.2) is 4.68 Å². The van der Waals surface area contributed by atoms with Crippen LogP contribution < -0.4 is 5.32 Å². The van der Waals surface area contributed by atoms with Gasteiger partial charge in [0.25, 0.3) is 11.6 Å². The summed E-state index contributed by atoms with van der Waals surface area (Å²) in [6, 6.07) is 8.39. The first kappa shape index (κ1) is 17.6. The van der Waals surface area contributed by atoms with Crippen LogP contribution in [0.1, 0.15) is 16.9 Å². The quantitative estimate of drug-likeness (QED) is 0.635. The molecule has 4 rings (SSSR count). The number of carbonyl (C=O) groups excluding carboxylic acids is 1. The Bertz CT molecular complexity index is 845. The molecule has 0 saturated carbocycles. The van der Waals surface area contributed by atoms with Crippen molar-refractivity contribution in [3.63, 3.8) is 0 Å². The van der Waals surface area contributed by atoms with E-state index in [0.29, 0.717) is 30.5 Å². The van der Waals surface area contributed by atoms with E-state index in [2.05, 4.69) is 15.3 Å². The summed E-state index contributed by atoms with van der Waals surface area (Å²) in [5.74, 6) is -0.120. The van der Waals surface area contributed by atoms with Gasteiger partial charge >= 0.3 is 0 Å². The molecule has 1 atom stereocenters. The van der Waals surface area contributed by atoms with Gasteiger partial charge in [-0.3, -0.25) is 19.8 Å². The summed E-state index contributed by atoms with van der Waals surface area (Å²) < 4.78 is 1.40. The molecule has 27 heavy (non-hydrogen) atoms. The van der Waals surface area contributed by atoms with Gasteiger partial charge in [-0.15, -0.1) is 0 Å². The SMILES string of the molecule is O=C(c1ccn(-c2ccccc2[N+](=O)[O-])n1)N1CCC(N2CCNCC2)C1. The van der Waals surface area contributed by atoms with Crippen molar-refractivity contribution in [3.05, 3.63) is 52.3 Å². The molecule has 1 N–H and O–H groups in total. The van der Waals surface area contributed by atoms with Crippen LogP contribution in [0, 0.1) is 10.1 Å². The van der Waals surface area contributed by atoms with E-state index in [1.165, 1.54) is 10.7 Å². The summed E-state index contributed by atoms with van der Waals surface area (Å²) in [4.78, 5) is 27.9. The molecule has 2 aliphatic rings. The van der Waals surface area contributed by atoms with Gasteiger partial charge in [0.1, 0.15) is 5.69 Å². The van der Waals surface area contributed by atoms with Crippen molar-refractivity contribution in [2.45, 2.75) is 12.5 Å². The standard InChI is InChI=1S/C18H22N6O3/c25-18(22-9-5-14(13-22)21-11-7-19-8-12-21)15-6-10-23(20-15)16-3-1-2-4-17(16)24(26)27/h1-4,6,10,14,19H,5,7-9,11-13H2. The smallest absolute Gasteiger partial charge is 0.294 e. The van der Waals surface area contributed by atoms with E-state index in [0.717, 1.165) is 32.6 Å². The number of carbonyl (C=O) groups is 1. The molecule has 3 heterocycles. The van der Waals surface area contributed by atoms with E-state index in [1.807, 2.05) is 4.90 Å². The Hall–Kier alpha value is -2.78. The Kier molecular flexibility index (Phi) is 4.87. The summed E-state index contributed by atoms with van der Waals surface area (Å²) in [6.45, 7) is 5.43. The molecule has 1 unspecified atom stereocenters. The Balaban J connectivity index is 1.47. The minimum absolute atomic E-state index is 0.0421. The lowest BCUT2D eigenvalue weighted by molar-refractivity contribution is -0.384. The number of nitrogens with zero attached hydrogens (tertiary/aromatic N) is 5. The van der Waals surface area contributed by atoms with Gasteiger partial charge in [-0.05, 0) is 18.6 Å². The second-order valence-electron chi connectivity index (χ2n) is 6.87. The van der Waals surface area contributed by atoms with Crippen LogP contribution in [-0.2, 0) is 0 Å². The fraction of sp³-hybridized carbons (Fsp3) is 0.444. The van der Waals surface area contributed by atoms with Crippen molar-refractivity contribution in [1.29, 1.82) is 0 Å².